The van der Waals surface area contributed by atoms with Gasteiger partial charge in [-0.3, -0.25) is 0 Å². The largest absolute Gasteiger partial charge is 0.323 e. The van der Waals surface area contributed by atoms with Crippen molar-refractivity contribution in [1.82, 2.24) is 15.3 Å². The van der Waals surface area contributed by atoms with Crippen molar-refractivity contribution in [2.24, 2.45) is 5.41 Å². The highest BCUT2D eigenvalue weighted by Crippen LogP contribution is 2.40. The fourth-order valence-electron chi connectivity index (χ4n) is 2.41. The van der Waals surface area contributed by atoms with Crippen molar-refractivity contribution >= 4 is 11.0 Å². The van der Waals surface area contributed by atoms with Crippen molar-refractivity contribution in [2.45, 2.75) is 19.9 Å². The summed E-state index contributed by atoms with van der Waals surface area (Å²) in [6.45, 7) is 5.54. The van der Waals surface area contributed by atoms with Crippen molar-refractivity contribution < 1.29 is 0 Å². The lowest BCUT2D eigenvalue weighted by Crippen LogP contribution is -2.52. The van der Waals surface area contributed by atoms with Crippen LogP contribution >= 0.6 is 0 Å². The Morgan fingerprint density at radius 3 is 2.62 bits per heavy atom. The van der Waals surface area contributed by atoms with Crippen LogP contribution in [0, 0.1) is 5.41 Å². The molecule has 2 aromatic rings. The molecule has 1 aromatic carbocycles. The van der Waals surface area contributed by atoms with Crippen molar-refractivity contribution in [2.75, 3.05) is 6.54 Å². The lowest BCUT2D eigenvalue weighted by Gasteiger charge is -2.46. The van der Waals surface area contributed by atoms with E-state index in [2.05, 4.69) is 35.2 Å². The average molecular weight is 217 g/mol. The van der Waals surface area contributed by atoms with E-state index in [0.717, 1.165) is 17.6 Å². The molecule has 0 aliphatic carbocycles. The van der Waals surface area contributed by atoms with Gasteiger partial charge in [-0.25, -0.2) is 4.79 Å². The van der Waals surface area contributed by atoms with Gasteiger partial charge in [-0.05, 0) is 23.1 Å². The van der Waals surface area contributed by atoms with Crippen molar-refractivity contribution in [3.05, 3.63) is 34.2 Å². The molecular formula is C12H15N3O. The Kier molecular flexibility index (Phi) is 1.80. The highest BCUT2D eigenvalue weighted by atomic mass is 16.1. The molecule has 1 saturated heterocycles. The minimum atomic E-state index is -0.145. The molecule has 1 aromatic heterocycles. The molecule has 0 spiro atoms. The summed E-state index contributed by atoms with van der Waals surface area (Å²) in [6, 6.07) is 6.46. The molecule has 3 N–H and O–H groups in total. The first-order valence-electron chi connectivity index (χ1n) is 5.52. The predicted octanol–water partition coefficient (Wildman–Crippen LogP) is 1.53. The Morgan fingerprint density at radius 1 is 1.25 bits per heavy atom. The van der Waals surface area contributed by atoms with Crippen LogP contribution in [0.15, 0.2) is 23.0 Å². The minimum Gasteiger partial charge on any atom is -0.309 e. The van der Waals surface area contributed by atoms with E-state index >= 15 is 0 Å². The van der Waals surface area contributed by atoms with E-state index in [4.69, 9.17) is 0 Å². The van der Waals surface area contributed by atoms with Gasteiger partial charge in [0.15, 0.2) is 0 Å². The van der Waals surface area contributed by atoms with Crippen LogP contribution in [0.4, 0.5) is 0 Å². The van der Waals surface area contributed by atoms with Gasteiger partial charge in [0.2, 0.25) is 0 Å². The maximum Gasteiger partial charge on any atom is 0.323 e. The molecule has 1 fully saturated rings. The zero-order chi connectivity index (χ0) is 11.3. The molecule has 2 heterocycles. The lowest BCUT2D eigenvalue weighted by molar-refractivity contribution is 0.128. The van der Waals surface area contributed by atoms with Crippen LogP contribution in [0.1, 0.15) is 25.5 Å². The van der Waals surface area contributed by atoms with E-state index in [9.17, 15) is 4.79 Å². The number of rotatable bonds is 1. The number of benzene rings is 1. The second-order valence-electron chi connectivity index (χ2n) is 5.19. The van der Waals surface area contributed by atoms with Crippen LogP contribution < -0.4 is 11.0 Å². The molecule has 0 saturated carbocycles. The molecule has 1 aliphatic rings. The normalized spacial score (nSPS) is 23.2. The third-order valence-corrected chi connectivity index (χ3v) is 3.42. The van der Waals surface area contributed by atoms with E-state index < -0.39 is 0 Å². The van der Waals surface area contributed by atoms with Gasteiger partial charge in [-0.15, -0.1) is 0 Å². The number of hydrogen-bond acceptors (Lipinski definition) is 2. The molecule has 1 atom stereocenters. The third kappa shape index (κ3) is 1.30. The monoisotopic (exact) mass is 217 g/mol. The Morgan fingerprint density at radius 2 is 2.00 bits per heavy atom. The maximum absolute atomic E-state index is 11.2. The quantitative estimate of drug-likeness (QED) is 0.678. The summed E-state index contributed by atoms with van der Waals surface area (Å²) < 4.78 is 0. The topological polar surface area (TPSA) is 60.7 Å². The van der Waals surface area contributed by atoms with Crippen LogP contribution in [0.2, 0.25) is 0 Å². The van der Waals surface area contributed by atoms with Crippen molar-refractivity contribution in [3.63, 3.8) is 0 Å². The van der Waals surface area contributed by atoms with Gasteiger partial charge in [0.05, 0.1) is 11.0 Å². The first-order chi connectivity index (χ1) is 7.56. The summed E-state index contributed by atoms with van der Waals surface area (Å²) in [4.78, 5) is 16.7. The van der Waals surface area contributed by atoms with E-state index in [1.807, 2.05) is 12.1 Å². The summed E-state index contributed by atoms with van der Waals surface area (Å²) in [6.07, 6.45) is 0. The molecule has 1 unspecified atom stereocenters. The van der Waals surface area contributed by atoms with Crippen LogP contribution in [-0.2, 0) is 0 Å². The summed E-state index contributed by atoms with van der Waals surface area (Å²) in [5, 5.41) is 3.42. The van der Waals surface area contributed by atoms with Gasteiger partial charge in [-0.2, -0.15) is 0 Å². The fourth-order valence-corrected chi connectivity index (χ4v) is 2.41. The number of fused-ring (bicyclic) bond motifs is 1. The second kappa shape index (κ2) is 2.98. The van der Waals surface area contributed by atoms with Crippen molar-refractivity contribution in [1.29, 1.82) is 0 Å². The molecular weight excluding hydrogens is 202 g/mol. The second-order valence-corrected chi connectivity index (χ2v) is 5.19. The van der Waals surface area contributed by atoms with Crippen LogP contribution in [0.3, 0.4) is 0 Å². The highest BCUT2D eigenvalue weighted by molar-refractivity contribution is 5.75. The summed E-state index contributed by atoms with van der Waals surface area (Å²) in [5.41, 5.74) is 3.13. The molecule has 4 nitrogen and oxygen atoms in total. The Labute approximate surface area is 93.1 Å². The van der Waals surface area contributed by atoms with Crippen molar-refractivity contribution in [3.8, 4) is 0 Å². The van der Waals surface area contributed by atoms with Gasteiger partial charge in [-0.1, -0.05) is 19.9 Å². The zero-order valence-corrected chi connectivity index (χ0v) is 9.42. The number of imidazole rings is 1. The number of aromatic amines is 2. The van der Waals surface area contributed by atoms with Crippen LogP contribution in [0.25, 0.3) is 11.0 Å². The van der Waals surface area contributed by atoms with Gasteiger partial charge < -0.3 is 15.3 Å². The van der Waals surface area contributed by atoms with Gasteiger partial charge in [0, 0.05) is 12.6 Å². The lowest BCUT2D eigenvalue weighted by atomic mass is 9.74. The molecule has 0 bridgehead atoms. The SMILES string of the molecule is CC1(C)CNC1c1ccc2[nH]c(=O)[nH]c2c1. The summed E-state index contributed by atoms with van der Waals surface area (Å²) in [7, 11) is 0. The highest BCUT2D eigenvalue weighted by Gasteiger charge is 2.38. The van der Waals surface area contributed by atoms with Crippen LogP contribution in [0.5, 0.6) is 0 Å². The smallest absolute Gasteiger partial charge is 0.309 e. The fraction of sp³-hybridized carbons (Fsp3) is 0.417. The van der Waals surface area contributed by atoms with Crippen LogP contribution in [-0.4, -0.2) is 16.5 Å². The number of hydrogen-bond donors (Lipinski definition) is 3. The van der Waals surface area contributed by atoms with E-state index in [1.54, 1.807) is 0 Å². The molecule has 84 valence electrons. The standard InChI is InChI=1S/C12H15N3O/c1-12(2)6-13-10(12)7-3-4-8-9(5-7)15-11(16)14-8/h3-5,10,13H,6H2,1-2H3,(H2,14,15,16). The Balaban J connectivity index is 2.08. The van der Waals surface area contributed by atoms with E-state index in [1.165, 1.54) is 5.56 Å². The van der Waals surface area contributed by atoms with E-state index in [0.29, 0.717) is 11.5 Å². The molecule has 1 aliphatic heterocycles. The van der Waals surface area contributed by atoms with Gasteiger partial charge in [0.25, 0.3) is 0 Å². The van der Waals surface area contributed by atoms with Gasteiger partial charge >= 0.3 is 5.69 Å². The predicted molar refractivity (Wildman–Crippen MR) is 63.4 cm³/mol. The average Bonchev–Trinajstić information content (AvgIpc) is 2.56. The summed E-state index contributed by atoms with van der Waals surface area (Å²) >= 11 is 0. The maximum atomic E-state index is 11.2. The first kappa shape index (κ1) is 9.66. The number of nitrogens with one attached hydrogen (secondary N) is 3. The zero-order valence-electron chi connectivity index (χ0n) is 9.42. The Hall–Kier alpha value is -1.55. The summed E-state index contributed by atoms with van der Waals surface area (Å²) in [5.74, 6) is 0. The number of aromatic nitrogens is 2. The molecule has 0 amide bonds. The molecule has 4 heteroatoms. The van der Waals surface area contributed by atoms with Gasteiger partial charge in [0.1, 0.15) is 0 Å². The van der Waals surface area contributed by atoms with E-state index in [-0.39, 0.29) is 5.69 Å². The first-order valence-corrected chi connectivity index (χ1v) is 5.52. The Bertz CT molecular complexity index is 594. The number of H-pyrrole nitrogens is 2. The molecule has 0 radical (unpaired) electrons. The minimum absolute atomic E-state index is 0.145. The third-order valence-electron chi connectivity index (χ3n) is 3.42. The molecule has 16 heavy (non-hydrogen) atoms. The molecule has 3 rings (SSSR count).